The average Bonchev–Trinajstić information content (AvgIpc) is 3.18. The van der Waals surface area contributed by atoms with Crippen molar-refractivity contribution >= 4 is 22.7 Å². The molecular formula is C18H19NS2. The van der Waals surface area contributed by atoms with E-state index in [1.807, 2.05) is 22.7 Å². The first kappa shape index (κ1) is 14.5. The lowest BCUT2D eigenvalue weighted by atomic mass is 10.0. The lowest BCUT2D eigenvalue weighted by Gasteiger charge is -2.23. The summed E-state index contributed by atoms with van der Waals surface area (Å²) in [6.07, 6.45) is 0. The summed E-state index contributed by atoms with van der Waals surface area (Å²) in [5, 5.41) is 8.10. The Bertz CT molecular complexity index is 637. The molecule has 3 aromatic rings. The molecule has 0 aliphatic heterocycles. The van der Waals surface area contributed by atoms with E-state index in [9.17, 15) is 0 Å². The van der Waals surface area contributed by atoms with Crippen LogP contribution in [0.4, 0.5) is 0 Å². The lowest BCUT2D eigenvalue weighted by molar-refractivity contribution is 0.525. The van der Waals surface area contributed by atoms with Gasteiger partial charge in [0.2, 0.25) is 0 Å². The quantitative estimate of drug-likeness (QED) is 0.650. The Morgan fingerprint density at radius 1 is 0.857 bits per heavy atom. The highest BCUT2D eigenvalue weighted by atomic mass is 32.1. The highest BCUT2D eigenvalue weighted by Gasteiger charge is 2.19. The minimum Gasteiger partial charge on any atom is -0.298 e. The van der Waals surface area contributed by atoms with Crippen LogP contribution in [0.3, 0.4) is 0 Å². The first-order valence-corrected chi connectivity index (χ1v) is 8.90. The third kappa shape index (κ3) is 3.26. The van der Waals surface area contributed by atoms with Gasteiger partial charge < -0.3 is 0 Å². The van der Waals surface area contributed by atoms with E-state index in [1.165, 1.54) is 20.9 Å². The van der Waals surface area contributed by atoms with Crippen LogP contribution in [0.1, 0.15) is 39.9 Å². The minimum atomic E-state index is 0.277. The predicted octanol–water partition coefficient (Wildman–Crippen LogP) is 5.56. The van der Waals surface area contributed by atoms with Crippen molar-refractivity contribution in [3.8, 4) is 0 Å². The van der Waals surface area contributed by atoms with Crippen molar-refractivity contribution in [1.82, 2.24) is 5.32 Å². The lowest BCUT2D eigenvalue weighted by Crippen LogP contribution is -2.24. The molecule has 3 rings (SSSR count). The maximum absolute atomic E-state index is 3.80. The van der Waals surface area contributed by atoms with E-state index >= 15 is 0 Å². The normalized spacial score (nSPS) is 12.7. The highest BCUT2D eigenvalue weighted by molar-refractivity contribution is 7.11. The van der Waals surface area contributed by atoms with E-state index in [4.69, 9.17) is 0 Å². The third-order valence-corrected chi connectivity index (χ3v) is 5.60. The van der Waals surface area contributed by atoms with Crippen molar-refractivity contribution in [2.75, 3.05) is 0 Å². The molecule has 21 heavy (non-hydrogen) atoms. The fourth-order valence-corrected chi connectivity index (χ4v) is 4.31. The van der Waals surface area contributed by atoms with Gasteiger partial charge in [-0.05, 0) is 47.9 Å². The summed E-state index contributed by atoms with van der Waals surface area (Å²) >= 11 is 3.63. The Morgan fingerprint density at radius 2 is 1.48 bits per heavy atom. The van der Waals surface area contributed by atoms with Crippen molar-refractivity contribution in [1.29, 1.82) is 0 Å². The van der Waals surface area contributed by atoms with E-state index in [-0.39, 0.29) is 6.04 Å². The summed E-state index contributed by atoms with van der Waals surface area (Å²) in [6, 6.07) is 17.9. The van der Waals surface area contributed by atoms with Gasteiger partial charge in [-0.2, -0.15) is 0 Å². The summed E-state index contributed by atoms with van der Waals surface area (Å²) in [4.78, 5) is 2.75. The molecule has 1 N–H and O–H groups in total. The van der Waals surface area contributed by atoms with Crippen LogP contribution >= 0.6 is 22.7 Å². The monoisotopic (exact) mass is 313 g/mol. The number of nitrogens with one attached hydrogen (secondary N) is 1. The molecule has 2 heterocycles. The maximum atomic E-state index is 3.80. The van der Waals surface area contributed by atoms with Crippen LogP contribution in [0.2, 0.25) is 0 Å². The zero-order chi connectivity index (χ0) is 14.7. The molecule has 3 heteroatoms. The van der Waals surface area contributed by atoms with Crippen LogP contribution < -0.4 is 5.32 Å². The van der Waals surface area contributed by atoms with Crippen molar-refractivity contribution in [2.45, 2.75) is 25.9 Å². The van der Waals surface area contributed by atoms with E-state index in [2.05, 4.69) is 78.5 Å². The van der Waals surface area contributed by atoms with Crippen molar-refractivity contribution in [3.63, 3.8) is 0 Å². The third-order valence-electron chi connectivity index (χ3n) is 3.73. The Balaban J connectivity index is 1.87. The molecular weight excluding hydrogens is 294 g/mol. The summed E-state index contributed by atoms with van der Waals surface area (Å²) in [5.41, 5.74) is 2.71. The van der Waals surface area contributed by atoms with Gasteiger partial charge in [-0.15, -0.1) is 22.7 Å². The zero-order valence-corrected chi connectivity index (χ0v) is 13.9. The predicted molar refractivity (Wildman–Crippen MR) is 93.2 cm³/mol. The molecule has 0 saturated heterocycles. The number of hydrogen-bond acceptors (Lipinski definition) is 3. The number of aryl methyl sites for hydroxylation is 1. The van der Waals surface area contributed by atoms with Gasteiger partial charge in [-0.3, -0.25) is 5.32 Å². The fourth-order valence-electron chi connectivity index (χ4n) is 2.63. The number of rotatable bonds is 5. The summed E-state index contributed by atoms with van der Waals surface area (Å²) < 4.78 is 0. The molecule has 0 saturated carbocycles. The second-order valence-electron chi connectivity index (χ2n) is 5.21. The van der Waals surface area contributed by atoms with Gasteiger partial charge in [0.05, 0.1) is 6.04 Å². The molecule has 0 fully saturated rings. The van der Waals surface area contributed by atoms with Crippen molar-refractivity contribution < 1.29 is 0 Å². The molecule has 1 atom stereocenters. The van der Waals surface area contributed by atoms with Gasteiger partial charge >= 0.3 is 0 Å². The van der Waals surface area contributed by atoms with E-state index in [0.717, 1.165) is 0 Å². The standard InChI is InChI=1S/C18H19NS2/c1-13-7-3-4-8-15(13)14(2)19-18(16-9-5-11-20-16)17-10-6-12-21-17/h3-12,14,18-19H,1-2H3/t14-/m0/s1. The average molecular weight is 313 g/mol. The van der Waals surface area contributed by atoms with Crippen LogP contribution in [-0.4, -0.2) is 0 Å². The first-order valence-electron chi connectivity index (χ1n) is 7.14. The molecule has 0 amide bonds. The molecule has 1 nitrogen and oxygen atoms in total. The van der Waals surface area contributed by atoms with Crippen molar-refractivity contribution in [2.24, 2.45) is 0 Å². The van der Waals surface area contributed by atoms with Gasteiger partial charge in [-0.25, -0.2) is 0 Å². The number of hydrogen-bond donors (Lipinski definition) is 1. The number of benzene rings is 1. The second kappa shape index (κ2) is 6.56. The molecule has 0 aliphatic carbocycles. The van der Waals surface area contributed by atoms with Gasteiger partial charge in [0, 0.05) is 15.8 Å². The zero-order valence-electron chi connectivity index (χ0n) is 12.2. The smallest absolute Gasteiger partial charge is 0.0769 e. The molecule has 0 unspecified atom stereocenters. The van der Waals surface area contributed by atoms with Crippen LogP contribution in [0.5, 0.6) is 0 Å². The topological polar surface area (TPSA) is 12.0 Å². The molecule has 108 valence electrons. The van der Waals surface area contributed by atoms with E-state index < -0.39 is 0 Å². The molecule has 1 aromatic carbocycles. The Kier molecular flexibility index (Phi) is 4.54. The minimum absolute atomic E-state index is 0.277. The van der Waals surface area contributed by atoms with E-state index in [1.54, 1.807) is 0 Å². The largest absolute Gasteiger partial charge is 0.298 e. The second-order valence-corrected chi connectivity index (χ2v) is 7.17. The highest BCUT2D eigenvalue weighted by Crippen LogP contribution is 2.32. The number of thiophene rings is 2. The molecule has 2 aromatic heterocycles. The van der Waals surface area contributed by atoms with Crippen LogP contribution in [0.15, 0.2) is 59.3 Å². The summed E-state index contributed by atoms with van der Waals surface area (Å²) in [6.45, 7) is 4.43. The van der Waals surface area contributed by atoms with Crippen LogP contribution in [0.25, 0.3) is 0 Å². The van der Waals surface area contributed by atoms with Crippen LogP contribution in [-0.2, 0) is 0 Å². The SMILES string of the molecule is Cc1ccccc1[C@H](C)NC(c1cccs1)c1cccs1. The van der Waals surface area contributed by atoms with E-state index in [0.29, 0.717) is 6.04 Å². The Labute approximate surface area is 134 Å². The van der Waals surface area contributed by atoms with Crippen LogP contribution in [0, 0.1) is 6.92 Å². The molecule has 0 bridgehead atoms. The Morgan fingerprint density at radius 3 is 2.00 bits per heavy atom. The maximum Gasteiger partial charge on any atom is 0.0769 e. The first-order chi connectivity index (χ1) is 10.3. The molecule has 0 aliphatic rings. The van der Waals surface area contributed by atoms with Gasteiger partial charge in [0.1, 0.15) is 0 Å². The van der Waals surface area contributed by atoms with Gasteiger partial charge in [-0.1, -0.05) is 36.4 Å². The molecule has 0 radical (unpaired) electrons. The van der Waals surface area contributed by atoms with Gasteiger partial charge in [0.25, 0.3) is 0 Å². The van der Waals surface area contributed by atoms with Crippen molar-refractivity contribution in [3.05, 3.63) is 80.2 Å². The Hall–Kier alpha value is -1.42. The fraction of sp³-hybridized carbons (Fsp3) is 0.222. The summed E-state index contributed by atoms with van der Waals surface area (Å²) in [5.74, 6) is 0. The summed E-state index contributed by atoms with van der Waals surface area (Å²) in [7, 11) is 0. The van der Waals surface area contributed by atoms with Gasteiger partial charge in [0.15, 0.2) is 0 Å². The molecule has 0 spiro atoms.